The molecule has 2 fully saturated rings. The summed E-state index contributed by atoms with van der Waals surface area (Å²) in [5.41, 5.74) is -1.68. The Morgan fingerprint density at radius 3 is 1.98 bits per heavy atom. The second-order valence-corrected chi connectivity index (χ2v) is 19.7. The first-order chi connectivity index (χ1) is 21.6. The predicted molar refractivity (Wildman–Crippen MR) is 182 cm³/mol. The van der Waals surface area contributed by atoms with Crippen molar-refractivity contribution in [3.63, 3.8) is 0 Å². The summed E-state index contributed by atoms with van der Waals surface area (Å²) in [5, 5.41) is 35.5. The summed E-state index contributed by atoms with van der Waals surface area (Å²) >= 11 is 0. The fraction of sp³-hybridized carbons (Fsp3) is 0.605. The van der Waals surface area contributed by atoms with Gasteiger partial charge in [-0.1, -0.05) is 107 Å². The van der Waals surface area contributed by atoms with Crippen LogP contribution in [0.2, 0.25) is 5.04 Å². The second-order valence-electron chi connectivity index (χ2n) is 15.4. The molecule has 1 aliphatic heterocycles. The van der Waals surface area contributed by atoms with Crippen molar-refractivity contribution in [2.45, 2.75) is 115 Å². The topological polar surface area (TPSA) is 105 Å². The molecule has 8 heteroatoms. The average Bonchev–Trinajstić information content (AvgIpc) is 3.01. The van der Waals surface area contributed by atoms with E-state index in [1.54, 1.807) is 13.0 Å². The molecule has 0 spiro atoms. The van der Waals surface area contributed by atoms with E-state index in [9.17, 15) is 20.1 Å². The van der Waals surface area contributed by atoms with Crippen molar-refractivity contribution in [3.05, 3.63) is 72.8 Å². The molecule has 2 aromatic rings. The van der Waals surface area contributed by atoms with Crippen LogP contribution in [0.15, 0.2) is 72.8 Å². The molecule has 1 heterocycles. The van der Waals surface area contributed by atoms with E-state index in [0.717, 1.165) is 0 Å². The third-order valence-corrected chi connectivity index (χ3v) is 15.8. The standard InChI is InChI=1S/C38H54O7Si/c1-25-20-22-38(42)32(34(40)33(39)26(2)35(38)41)31(25)19-18-27-24-28(45-37(6,7)44-27)21-23-43-46(36(3,4)5,29-14-10-8-11-15-29)30-16-12-9-13-17-30/h8-17,20,22,25-28,31-33,35,39,41-42H,18-19,21,23-24H2,1-7H3/t25-,26+,27+,28-,31-,32-,33?,35+,38?/m0/s1. The lowest BCUT2D eigenvalue weighted by atomic mass is 9.57. The number of fused-ring (bicyclic) bond motifs is 1. The van der Waals surface area contributed by atoms with Crippen LogP contribution in [0.4, 0.5) is 0 Å². The van der Waals surface area contributed by atoms with Crippen LogP contribution in [0.25, 0.3) is 0 Å². The first kappa shape index (κ1) is 35.1. The van der Waals surface area contributed by atoms with Gasteiger partial charge in [-0.2, -0.15) is 0 Å². The Morgan fingerprint density at radius 1 is 0.891 bits per heavy atom. The number of benzene rings is 2. The lowest BCUT2D eigenvalue weighted by Crippen LogP contribution is -2.66. The van der Waals surface area contributed by atoms with E-state index >= 15 is 0 Å². The van der Waals surface area contributed by atoms with Crippen molar-refractivity contribution in [1.29, 1.82) is 0 Å². The highest BCUT2D eigenvalue weighted by Crippen LogP contribution is 2.48. The number of aliphatic hydroxyl groups excluding tert-OH is 2. The van der Waals surface area contributed by atoms with E-state index in [1.165, 1.54) is 10.4 Å². The molecule has 0 amide bonds. The molecule has 5 rings (SSSR count). The minimum absolute atomic E-state index is 0.00512. The van der Waals surface area contributed by atoms with Gasteiger partial charge in [0.05, 0.1) is 24.2 Å². The summed E-state index contributed by atoms with van der Waals surface area (Å²) in [6.07, 6.45) is 3.49. The van der Waals surface area contributed by atoms with Gasteiger partial charge in [0.2, 0.25) is 0 Å². The molecule has 1 saturated carbocycles. The minimum atomic E-state index is -2.67. The zero-order valence-electron chi connectivity index (χ0n) is 28.6. The summed E-state index contributed by atoms with van der Waals surface area (Å²) in [4.78, 5) is 13.3. The van der Waals surface area contributed by atoms with Crippen LogP contribution in [0, 0.1) is 23.7 Å². The lowest BCUT2D eigenvalue weighted by Gasteiger charge is -2.52. The maximum absolute atomic E-state index is 13.3. The number of allylic oxidation sites excluding steroid dienone is 1. The molecule has 252 valence electrons. The van der Waals surface area contributed by atoms with Gasteiger partial charge in [-0.15, -0.1) is 0 Å². The summed E-state index contributed by atoms with van der Waals surface area (Å²) < 4.78 is 20.0. The number of rotatable bonds is 9. The quantitative estimate of drug-likeness (QED) is 0.266. The maximum atomic E-state index is 13.3. The van der Waals surface area contributed by atoms with Crippen LogP contribution in [-0.2, 0) is 18.7 Å². The number of hydrogen-bond donors (Lipinski definition) is 3. The van der Waals surface area contributed by atoms with E-state index in [2.05, 4.69) is 69.3 Å². The molecule has 1 saturated heterocycles. The van der Waals surface area contributed by atoms with Gasteiger partial charge in [-0.3, -0.25) is 4.79 Å². The Kier molecular flexibility index (Phi) is 10.2. The third-order valence-electron chi connectivity index (χ3n) is 10.8. The van der Waals surface area contributed by atoms with Gasteiger partial charge in [0.15, 0.2) is 11.6 Å². The number of ketones is 1. The zero-order valence-corrected chi connectivity index (χ0v) is 29.6. The Labute approximate surface area is 276 Å². The van der Waals surface area contributed by atoms with Gasteiger partial charge in [0.1, 0.15) is 11.7 Å². The number of hydrogen-bond acceptors (Lipinski definition) is 7. The fourth-order valence-corrected chi connectivity index (χ4v) is 13.0. The minimum Gasteiger partial charge on any atom is -0.407 e. The maximum Gasteiger partial charge on any atom is 0.261 e. The number of ether oxygens (including phenoxy) is 2. The van der Waals surface area contributed by atoms with Crippen molar-refractivity contribution in [2.24, 2.45) is 23.7 Å². The van der Waals surface area contributed by atoms with Crippen molar-refractivity contribution in [3.8, 4) is 0 Å². The zero-order chi connectivity index (χ0) is 33.5. The lowest BCUT2D eigenvalue weighted by molar-refractivity contribution is -0.302. The molecule has 0 aromatic heterocycles. The molecule has 2 aliphatic carbocycles. The first-order valence-corrected chi connectivity index (χ1v) is 18.9. The molecule has 0 bridgehead atoms. The molecule has 2 unspecified atom stereocenters. The van der Waals surface area contributed by atoms with Gasteiger partial charge in [0, 0.05) is 18.9 Å². The Hall–Kier alpha value is -2.17. The van der Waals surface area contributed by atoms with Gasteiger partial charge in [-0.25, -0.2) is 0 Å². The van der Waals surface area contributed by atoms with E-state index in [0.29, 0.717) is 32.3 Å². The molecule has 2 aromatic carbocycles. The summed E-state index contributed by atoms with van der Waals surface area (Å²) in [6.45, 7) is 14.9. The molecule has 7 nitrogen and oxygen atoms in total. The normalized spacial score (nSPS) is 34.7. The smallest absolute Gasteiger partial charge is 0.261 e. The monoisotopic (exact) mass is 650 g/mol. The Balaban J connectivity index is 1.30. The van der Waals surface area contributed by atoms with Crippen LogP contribution in [0.5, 0.6) is 0 Å². The predicted octanol–water partition coefficient (Wildman–Crippen LogP) is 4.75. The van der Waals surface area contributed by atoms with Crippen LogP contribution in [-0.4, -0.2) is 71.8 Å². The highest BCUT2D eigenvalue weighted by molar-refractivity contribution is 6.99. The van der Waals surface area contributed by atoms with E-state index in [4.69, 9.17) is 13.9 Å². The van der Waals surface area contributed by atoms with Gasteiger partial charge in [-0.05, 0) is 60.4 Å². The molecular weight excluding hydrogens is 596 g/mol. The third kappa shape index (κ3) is 6.59. The van der Waals surface area contributed by atoms with Gasteiger partial charge < -0.3 is 29.2 Å². The Morgan fingerprint density at radius 2 is 1.43 bits per heavy atom. The number of aliphatic hydroxyl groups is 3. The Bertz CT molecular complexity index is 1320. The fourth-order valence-electron chi connectivity index (χ4n) is 8.44. The molecular formula is C38H54O7Si. The average molecular weight is 651 g/mol. The number of carbonyl (C=O) groups is 1. The van der Waals surface area contributed by atoms with Crippen molar-refractivity contribution < 1.29 is 34.0 Å². The molecule has 3 aliphatic rings. The summed E-state index contributed by atoms with van der Waals surface area (Å²) in [7, 11) is -2.67. The molecule has 3 N–H and O–H groups in total. The van der Waals surface area contributed by atoms with Crippen LogP contribution >= 0.6 is 0 Å². The summed E-state index contributed by atoms with van der Waals surface area (Å²) in [6, 6.07) is 21.3. The van der Waals surface area contributed by atoms with Crippen LogP contribution < -0.4 is 10.4 Å². The highest BCUT2D eigenvalue weighted by Gasteiger charge is 2.59. The highest BCUT2D eigenvalue weighted by atomic mass is 28.4. The number of carbonyl (C=O) groups excluding carboxylic acids is 1. The van der Waals surface area contributed by atoms with Crippen molar-refractivity contribution in [2.75, 3.05) is 6.61 Å². The van der Waals surface area contributed by atoms with Gasteiger partial charge >= 0.3 is 0 Å². The van der Waals surface area contributed by atoms with Crippen LogP contribution in [0.1, 0.15) is 74.1 Å². The molecule has 46 heavy (non-hydrogen) atoms. The second kappa shape index (κ2) is 13.4. The van der Waals surface area contributed by atoms with E-state index < -0.39 is 43.7 Å². The largest absolute Gasteiger partial charge is 0.407 e. The van der Waals surface area contributed by atoms with E-state index in [1.807, 2.05) is 39.0 Å². The van der Waals surface area contributed by atoms with E-state index in [-0.39, 0.29) is 34.9 Å². The molecule has 0 radical (unpaired) electrons. The van der Waals surface area contributed by atoms with Crippen molar-refractivity contribution >= 4 is 24.5 Å². The number of Topliss-reactive ketones (excluding diaryl/α,β-unsaturated/α-hetero) is 1. The SMILES string of the molecule is C[C@@H]1C(O)C(=O)[C@@H]2[C@@H](CC[C@@H]3C[C@H](CCO[Si](c4ccccc4)(c4ccccc4)C(C)(C)C)OC(C)(C)O3)[C@@H](C)C=CC2(O)[C@@H]1O. The summed E-state index contributed by atoms with van der Waals surface area (Å²) in [5.74, 6) is -2.99. The van der Waals surface area contributed by atoms with Crippen LogP contribution in [0.3, 0.4) is 0 Å². The van der Waals surface area contributed by atoms with Gasteiger partial charge in [0.25, 0.3) is 8.32 Å². The van der Waals surface area contributed by atoms with Crippen molar-refractivity contribution in [1.82, 2.24) is 0 Å². The first-order valence-electron chi connectivity index (χ1n) is 17.0. The molecule has 9 atom stereocenters.